The smallest absolute Gasteiger partial charge is 0.138 e. The molecule has 0 aliphatic carbocycles. The molecule has 20 heavy (non-hydrogen) atoms. The van der Waals surface area contributed by atoms with Crippen molar-refractivity contribution in [1.29, 1.82) is 0 Å². The summed E-state index contributed by atoms with van der Waals surface area (Å²) in [7, 11) is 0. The zero-order chi connectivity index (χ0) is 13.8. The van der Waals surface area contributed by atoms with Crippen LogP contribution in [0.4, 0.5) is 0 Å². The van der Waals surface area contributed by atoms with Crippen LogP contribution in [-0.4, -0.2) is 24.5 Å². The molecule has 0 spiro atoms. The highest BCUT2D eigenvalue weighted by atomic mass is 16.5. The van der Waals surface area contributed by atoms with E-state index in [4.69, 9.17) is 4.74 Å². The molecule has 2 aliphatic rings. The third-order valence-electron chi connectivity index (χ3n) is 4.53. The minimum absolute atomic E-state index is 0.272. The molecule has 1 N–H and O–H groups in total. The maximum Gasteiger partial charge on any atom is 0.138 e. The number of nitrogens with one attached hydrogen (secondary N) is 1. The van der Waals surface area contributed by atoms with Crippen molar-refractivity contribution >= 4 is 5.78 Å². The summed E-state index contributed by atoms with van der Waals surface area (Å²) in [5, 5.41) is 3.58. The van der Waals surface area contributed by atoms with Gasteiger partial charge in [-0.15, -0.1) is 0 Å². The third kappa shape index (κ3) is 3.47. The lowest BCUT2D eigenvalue weighted by Crippen LogP contribution is -2.40. The van der Waals surface area contributed by atoms with E-state index in [0.717, 1.165) is 12.8 Å². The Bertz CT molecular complexity index is 434. The number of carbonyl (C=O) groups is 1. The Hall–Kier alpha value is -1.19. The molecule has 0 radical (unpaired) electrons. The second kappa shape index (κ2) is 6.51. The summed E-state index contributed by atoms with van der Waals surface area (Å²) >= 11 is 0. The Morgan fingerprint density at radius 3 is 2.55 bits per heavy atom. The van der Waals surface area contributed by atoms with Gasteiger partial charge in [0.2, 0.25) is 0 Å². The highest BCUT2D eigenvalue weighted by molar-refractivity contribution is 5.81. The number of ether oxygens (including phenoxy) is 1. The van der Waals surface area contributed by atoms with Gasteiger partial charge in [0.05, 0.1) is 13.2 Å². The molecule has 0 aromatic heterocycles. The van der Waals surface area contributed by atoms with Crippen LogP contribution in [0.3, 0.4) is 0 Å². The Morgan fingerprint density at radius 1 is 1.15 bits per heavy atom. The molecule has 1 aromatic rings. The number of rotatable bonds is 6. The van der Waals surface area contributed by atoms with Gasteiger partial charge in [0, 0.05) is 24.4 Å². The fourth-order valence-corrected chi connectivity index (χ4v) is 3.46. The van der Waals surface area contributed by atoms with Gasteiger partial charge in [-0.3, -0.25) is 4.79 Å². The van der Waals surface area contributed by atoms with Crippen molar-refractivity contribution < 1.29 is 9.53 Å². The molecule has 2 heterocycles. The van der Waals surface area contributed by atoms with Crippen LogP contribution in [-0.2, 0) is 16.1 Å². The van der Waals surface area contributed by atoms with E-state index in [1.54, 1.807) is 0 Å². The van der Waals surface area contributed by atoms with Crippen LogP contribution in [0.15, 0.2) is 30.3 Å². The molecule has 2 aliphatic heterocycles. The monoisotopic (exact) mass is 273 g/mol. The Balaban J connectivity index is 1.37. The number of ketones is 1. The number of piperidine rings is 1. The normalized spacial score (nSPS) is 28.5. The summed E-state index contributed by atoms with van der Waals surface area (Å²) in [6, 6.07) is 11.3. The lowest BCUT2D eigenvalue weighted by Gasteiger charge is -2.28. The van der Waals surface area contributed by atoms with Crippen LogP contribution in [0.5, 0.6) is 0 Å². The van der Waals surface area contributed by atoms with Crippen molar-refractivity contribution in [3.63, 3.8) is 0 Å². The number of hydrogen-bond acceptors (Lipinski definition) is 3. The zero-order valence-electron chi connectivity index (χ0n) is 11.9. The van der Waals surface area contributed by atoms with Gasteiger partial charge in [-0.05, 0) is 31.2 Å². The molecular formula is C17H23NO2. The van der Waals surface area contributed by atoms with Crippen molar-refractivity contribution in [3.8, 4) is 0 Å². The molecule has 3 rings (SSSR count). The van der Waals surface area contributed by atoms with Gasteiger partial charge in [-0.1, -0.05) is 30.3 Å². The second-order valence-electron chi connectivity index (χ2n) is 6.06. The summed E-state index contributed by atoms with van der Waals surface area (Å²) in [6.07, 6.45) is 5.14. The molecule has 2 fully saturated rings. The van der Waals surface area contributed by atoms with E-state index < -0.39 is 0 Å². The van der Waals surface area contributed by atoms with Crippen LogP contribution >= 0.6 is 0 Å². The van der Waals surface area contributed by atoms with E-state index in [1.165, 1.54) is 18.4 Å². The molecule has 2 bridgehead atoms. The van der Waals surface area contributed by atoms with E-state index in [9.17, 15) is 4.79 Å². The predicted octanol–water partition coefficient (Wildman–Crippen LogP) is 2.69. The molecule has 108 valence electrons. The number of hydrogen-bond donors (Lipinski definition) is 1. The standard InChI is InChI=1S/C17H23NO2/c19-17(14-10-15-6-7-16(11-14)18-15)8-9-20-12-13-4-2-1-3-5-13/h1-5,14-16,18H,6-12H2. The first-order valence-corrected chi connectivity index (χ1v) is 7.71. The first-order valence-electron chi connectivity index (χ1n) is 7.71. The second-order valence-corrected chi connectivity index (χ2v) is 6.06. The third-order valence-corrected chi connectivity index (χ3v) is 4.53. The lowest BCUT2D eigenvalue weighted by atomic mass is 9.88. The molecule has 3 nitrogen and oxygen atoms in total. The number of benzene rings is 1. The Morgan fingerprint density at radius 2 is 1.85 bits per heavy atom. The summed E-state index contributed by atoms with van der Waals surface area (Å²) in [5.41, 5.74) is 1.17. The van der Waals surface area contributed by atoms with E-state index in [1.807, 2.05) is 30.3 Å². The van der Waals surface area contributed by atoms with Crippen LogP contribution in [0.2, 0.25) is 0 Å². The van der Waals surface area contributed by atoms with Gasteiger partial charge < -0.3 is 10.1 Å². The van der Waals surface area contributed by atoms with Crippen LogP contribution in [0, 0.1) is 5.92 Å². The van der Waals surface area contributed by atoms with E-state index in [-0.39, 0.29) is 5.92 Å². The highest BCUT2D eigenvalue weighted by Crippen LogP contribution is 2.31. The van der Waals surface area contributed by atoms with Gasteiger partial charge in [0.1, 0.15) is 5.78 Å². The highest BCUT2D eigenvalue weighted by Gasteiger charge is 2.36. The summed E-state index contributed by atoms with van der Waals surface area (Å²) < 4.78 is 5.61. The number of Topliss-reactive ketones (excluding diaryl/α,β-unsaturated/α-hetero) is 1. The van der Waals surface area contributed by atoms with Gasteiger partial charge >= 0.3 is 0 Å². The fraction of sp³-hybridized carbons (Fsp3) is 0.588. The number of carbonyl (C=O) groups excluding carboxylic acids is 1. The molecule has 2 saturated heterocycles. The fourth-order valence-electron chi connectivity index (χ4n) is 3.46. The maximum absolute atomic E-state index is 12.2. The molecule has 0 amide bonds. The first-order chi connectivity index (χ1) is 9.81. The van der Waals surface area contributed by atoms with Gasteiger partial charge in [-0.2, -0.15) is 0 Å². The molecule has 0 saturated carbocycles. The quantitative estimate of drug-likeness (QED) is 0.810. The molecular weight excluding hydrogens is 250 g/mol. The van der Waals surface area contributed by atoms with Crippen molar-refractivity contribution in [2.45, 2.75) is 50.8 Å². The minimum Gasteiger partial charge on any atom is -0.376 e. The van der Waals surface area contributed by atoms with Crippen molar-refractivity contribution in [2.75, 3.05) is 6.61 Å². The summed E-state index contributed by atoms with van der Waals surface area (Å²) in [5.74, 6) is 0.672. The lowest BCUT2D eigenvalue weighted by molar-refractivity contribution is -0.125. The van der Waals surface area contributed by atoms with Crippen molar-refractivity contribution in [2.24, 2.45) is 5.92 Å². The van der Waals surface area contributed by atoms with Crippen LogP contribution in [0.1, 0.15) is 37.7 Å². The predicted molar refractivity (Wildman–Crippen MR) is 78.4 cm³/mol. The van der Waals surface area contributed by atoms with E-state index in [2.05, 4.69) is 5.32 Å². The maximum atomic E-state index is 12.2. The SMILES string of the molecule is O=C(CCOCc1ccccc1)C1CC2CCC(C1)N2. The van der Waals surface area contributed by atoms with Gasteiger partial charge in [-0.25, -0.2) is 0 Å². The minimum atomic E-state index is 0.272. The largest absolute Gasteiger partial charge is 0.376 e. The average molecular weight is 273 g/mol. The van der Waals surface area contributed by atoms with E-state index in [0.29, 0.717) is 37.5 Å². The topological polar surface area (TPSA) is 38.3 Å². The molecule has 2 unspecified atom stereocenters. The summed E-state index contributed by atoms with van der Waals surface area (Å²) in [4.78, 5) is 12.2. The molecule has 3 heteroatoms. The van der Waals surface area contributed by atoms with Crippen LogP contribution < -0.4 is 5.32 Å². The van der Waals surface area contributed by atoms with Gasteiger partial charge in [0.15, 0.2) is 0 Å². The van der Waals surface area contributed by atoms with Crippen molar-refractivity contribution in [1.82, 2.24) is 5.32 Å². The van der Waals surface area contributed by atoms with Crippen molar-refractivity contribution in [3.05, 3.63) is 35.9 Å². The van der Waals surface area contributed by atoms with Gasteiger partial charge in [0.25, 0.3) is 0 Å². The Kier molecular flexibility index (Phi) is 4.48. The average Bonchev–Trinajstić information content (AvgIpc) is 2.83. The number of fused-ring (bicyclic) bond motifs is 2. The van der Waals surface area contributed by atoms with Crippen LogP contribution in [0.25, 0.3) is 0 Å². The summed E-state index contributed by atoms with van der Waals surface area (Å²) in [6.45, 7) is 1.15. The Labute approximate surface area is 120 Å². The zero-order valence-corrected chi connectivity index (χ0v) is 11.9. The first kappa shape index (κ1) is 13.8. The van der Waals surface area contributed by atoms with E-state index >= 15 is 0 Å². The molecule has 1 aromatic carbocycles. The molecule has 2 atom stereocenters.